The van der Waals surface area contributed by atoms with Crippen molar-refractivity contribution >= 4 is 11.6 Å². The maximum Gasteiger partial charge on any atom is 0.387 e. The first kappa shape index (κ1) is 17.2. The number of carbonyl (C=O) groups excluding carboxylic acids is 1. The highest BCUT2D eigenvalue weighted by Gasteiger charge is 2.21. The zero-order valence-corrected chi connectivity index (χ0v) is 13.9. The minimum atomic E-state index is -2.91. The summed E-state index contributed by atoms with van der Waals surface area (Å²) in [6.07, 6.45) is 1.81. The van der Waals surface area contributed by atoms with Gasteiger partial charge in [0.05, 0.1) is 6.04 Å². The molecule has 0 aliphatic carbocycles. The molecule has 0 saturated carbocycles. The third-order valence-electron chi connectivity index (χ3n) is 4.29. The average molecular weight is 346 g/mol. The molecule has 25 heavy (non-hydrogen) atoms. The summed E-state index contributed by atoms with van der Waals surface area (Å²) in [6.45, 7) is -0.261. The Kier molecular flexibility index (Phi) is 5.16. The lowest BCUT2D eigenvalue weighted by Gasteiger charge is -2.22. The summed E-state index contributed by atoms with van der Waals surface area (Å²) in [5.74, 6) is -0.151. The van der Waals surface area contributed by atoms with Crippen molar-refractivity contribution in [3.63, 3.8) is 0 Å². The van der Waals surface area contributed by atoms with E-state index in [2.05, 4.69) is 15.4 Å². The van der Waals surface area contributed by atoms with Crippen molar-refractivity contribution < 1.29 is 18.3 Å². The van der Waals surface area contributed by atoms with Crippen LogP contribution in [0.1, 0.15) is 40.9 Å². The van der Waals surface area contributed by atoms with Crippen molar-refractivity contribution in [3.05, 3.63) is 59.2 Å². The van der Waals surface area contributed by atoms with Crippen LogP contribution in [0.25, 0.3) is 0 Å². The third-order valence-corrected chi connectivity index (χ3v) is 4.29. The van der Waals surface area contributed by atoms with Gasteiger partial charge in [-0.2, -0.15) is 8.78 Å². The lowest BCUT2D eigenvalue weighted by Crippen LogP contribution is -2.29. The fourth-order valence-corrected chi connectivity index (χ4v) is 3.12. The molecule has 1 heterocycles. The molecule has 1 amide bonds. The second-order valence-electron chi connectivity index (χ2n) is 5.97. The minimum Gasteiger partial charge on any atom is -0.434 e. The molecule has 1 unspecified atom stereocenters. The molecular weight excluding hydrogens is 326 g/mol. The fraction of sp³-hybridized carbons (Fsp3) is 0.316. The van der Waals surface area contributed by atoms with Crippen LogP contribution < -0.4 is 15.4 Å². The van der Waals surface area contributed by atoms with E-state index in [0.717, 1.165) is 30.6 Å². The average Bonchev–Trinajstić information content (AvgIpc) is 2.61. The van der Waals surface area contributed by atoms with Crippen LogP contribution in [0.4, 0.5) is 14.5 Å². The molecule has 1 aliphatic rings. The van der Waals surface area contributed by atoms with E-state index in [1.807, 2.05) is 12.1 Å². The Morgan fingerprint density at radius 3 is 2.80 bits per heavy atom. The molecule has 0 saturated heterocycles. The van der Waals surface area contributed by atoms with E-state index in [0.29, 0.717) is 11.1 Å². The number of nitrogens with one attached hydrogen (secondary N) is 2. The zero-order chi connectivity index (χ0) is 17.8. The lowest BCUT2D eigenvalue weighted by molar-refractivity contribution is -0.0506. The van der Waals surface area contributed by atoms with Crippen LogP contribution in [0, 0.1) is 0 Å². The van der Waals surface area contributed by atoms with E-state index in [9.17, 15) is 13.6 Å². The van der Waals surface area contributed by atoms with Gasteiger partial charge in [-0.05, 0) is 43.5 Å². The highest BCUT2D eigenvalue weighted by atomic mass is 19.3. The standard InChI is InChI=1S/C19H20F2N2O2/c1-12(13-6-2-3-10-17(13)25-19(20)21)23-18(24)15-7-4-9-16-14(15)8-5-11-22-16/h2-4,6-7,9-10,12,19,22H,5,8,11H2,1H3,(H,23,24). The summed E-state index contributed by atoms with van der Waals surface area (Å²) in [5, 5.41) is 6.17. The predicted octanol–water partition coefficient (Wildman–Crippen LogP) is 4.14. The van der Waals surface area contributed by atoms with Gasteiger partial charge >= 0.3 is 6.61 Å². The van der Waals surface area contributed by atoms with Gasteiger partial charge in [-0.25, -0.2) is 0 Å². The number of alkyl halides is 2. The van der Waals surface area contributed by atoms with Crippen molar-refractivity contribution in [1.82, 2.24) is 5.32 Å². The molecule has 0 radical (unpaired) electrons. The number of carbonyl (C=O) groups is 1. The van der Waals surface area contributed by atoms with Crippen molar-refractivity contribution in [1.29, 1.82) is 0 Å². The molecule has 2 N–H and O–H groups in total. The Morgan fingerprint density at radius 2 is 2.00 bits per heavy atom. The normalized spacial score (nSPS) is 14.4. The van der Waals surface area contributed by atoms with Gasteiger partial charge in [0, 0.05) is 23.4 Å². The molecule has 0 bridgehead atoms. The lowest BCUT2D eigenvalue weighted by atomic mass is 9.96. The molecule has 1 aliphatic heterocycles. The van der Waals surface area contributed by atoms with Gasteiger partial charge in [0.15, 0.2) is 0 Å². The second kappa shape index (κ2) is 7.51. The molecule has 6 heteroatoms. The van der Waals surface area contributed by atoms with Crippen molar-refractivity contribution in [2.75, 3.05) is 11.9 Å². The summed E-state index contributed by atoms with van der Waals surface area (Å²) < 4.78 is 29.7. The van der Waals surface area contributed by atoms with E-state index >= 15 is 0 Å². The Hall–Kier alpha value is -2.63. The van der Waals surface area contributed by atoms with E-state index in [-0.39, 0.29) is 11.7 Å². The molecule has 132 valence electrons. The maximum atomic E-state index is 12.7. The topological polar surface area (TPSA) is 50.4 Å². The SMILES string of the molecule is CC(NC(=O)c1cccc2c1CCCN2)c1ccccc1OC(F)F. The number of ether oxygens (including phenoxy) is 1. The molecule has 2 aromatic rings. The number of rotatable bonds is 5. The number of benzene rings is 2. The fourth-order valence-electron chi connectivity index (χ4n) is 3.12. The first-order chi connectivity index (χ1) is 12.1. The Labute approximate surface area is 145 Å². The van der Waals surface area contributed by atoms with Crippen LogP contribution in [-0.4, -0.2) is 19.1 Å². The van der Waals surface area contributed by atoms with Crippen LogP contribution in [0.15, 0.2) is 42.5 Å². The number of anilines is 1. The van der Waals surface area contributed by atoms with E-state index in [1.165, 1.54) is 6.07 Å². The molecular formula is C19H20F2N2O2. The summed E-state index contributed by atoms with van der Waals surface area (Å²) in [6, 6.07) is 11.6. The van der Waals surface area contributed by atoms with E-state index in [1.54, 1.807) is 31.2 Å². The van der Waals surface area contributed by atoms with Crippen molar-refractivity contribution in [2.24, 2.45) is 0 Å². The molecule has 0 spiro atoms. The molecule has 0 fully saturated rings. The van der Waals surface area contributed by atoms with E-state index in [4.69, 9.17) is 0 Å². The maximum absolute atomic E-state index is 12.7. The number of para-hydroxylation sites is 1. The Bertz CT molecular complexity index is 765. The Morgan fingerprint density at radius 1 is 1.20 bits per heavy atom. The Balaban J connectivity index is 1.80. The number of fused-ring (bicyclic) bond motifs is 1. The zero-order valence-electron chi connectivity index (χ0n) is 13.9. The van der Waals surface area contributed by atoms with Gasteiger partial charge in [-0.3, -0.25) is 4.79 Å². The first-order valence-corrected chi connectivity index (χ1v) is 8.26. The smallest absolute Gasteiger partial charge is 0.387 e. The van der Waals surface area contributed by atoms with Gasteiger partial charge < -0.3 is 15.4 Å². The van der Waals surface area contributed by atoms with Gasteiger partial charge in [0.25, 0.3) is 5.91 Å². The quantitative estimate of drug-likeness (QED) is 0.856. The molecule has 4 nitrogen and oxygen atoms in total. The predicted molar refractivity (Wildman–Crippen MR) is 92.2 cm³/mol. The van der Waals surface area contributed by atoms with Gasteiger partial charge in [0.2, 0.25) is 0 Å². The number of halogens is 2. The van der Waals surface area contributed by atoms with Crippen LogP contribution in [0.2, 0.25) is 0 Å². The van der Waals surface area contributed by atoms with E-state index < -0.39 is 12.7 Å². The van der Waals surface area contributed by atoms with Gasteiger partial charge in [-0.15, -0.1) is 0 Å². The van der Waals surface area contributed by atoms with Crippen molar-refractivity contribution in [2.45, 2.75) is 32.4 Å². The molecule has 0 aromatic heterocycles. The minimum absolute atomic E-state index is 0.0713. The molecule has 3 rings (SSSR count). The summed E-state index contributed by atoms with van der Waals surface area (Å²) in [7, 11) is 0. The highest BCUT2D eigenvalue weighted by Crippen LogP contribution is 2.28. The number of hydrogen-bond donors (Lipinski definition) is 2. The van der Waals surface area contributed by atoms with Crippen molar-refractivity contribution in [3.8, 4) is 5.75 Å². The van der Waals surface area contributed by atoms with Gasteiger partial charge in [-0.1, -0.05) is 24.3 Å². The molecule has 1 atom stereocenters. The largest absolute Gasteiger partial charge is 0.434 e. The highest BCUT2D eigenvalue weighted by molar-refractivity contribution is 5.97. The number of amides is 1. The summed E-state index contributed by atoms with van der Waals surface area (Å²) >= 11 is 0. The monoisotopic (exact) mass is 346 g/mol. The van der Waals surface area contributed by atoms with Crippen LogP contribution in [0.5, 0.6) is 5.75 Å². The molecule has 2 aromatic carbocycles. The van der Waals surface area contributed by atoms with Gasteiger partial charge in [0.1, 0.15) is 5.75 Å². The second-order valence-corrected chi connectivity index (χ2v) is 5.97. The van der Waals surface area contributed by atoms with Crippen LogP contribution in [-0.2, 0) is 6.42 Å². The number of hydrogen-bond acceptors (Lipinski definition) is 3. The third kappa shape index (κ3) is 3.90. The van der Waals surface area contributed by atoms with Crippen LogP contribution in [0.3, 0.4) is 0 Å². The summed E-state index contributed by atoms with van der Waals surface area (Å²) in [5.41, 5.74) is 3.10. The van der Waals surface area contributed by atoms with Crippen LogP contribution >= 0.6 is 0 Å². The first-order valence-electron chi connectivity index (χ1n) is 8.26. The summed E-state index contributed by atoms with van der Waals surface area (Å²) in [4.78, 5) is 12.7.